The molecule has 0 saturated heterocycles. The molecule has 0 aromatic carbocycles. The van der Waals surface area contributed by atoms with Crippen LogP contribution in [-0.4, -0.2) is 10.9 Å². The van der Waals surface area contributed by atoms with Gasteiger partial charge in [-0.05, 0) is 12.3 Å². The monoisotopic (exact) mass is 216 g/mol. The fourth-order valence-electron chi connectivity index (χ4n) is 1.14. The summed E-state index contributed by atoms with van der Waals surface area (Å²) in [4.78, 5) is 11.3. The van der Waals surface area contributed by atoms with Gasteiger partial charge in [0.1, 0.15) is 0 Å². The maximum atomic E-state index is 11.3. The maximum absolute atomic E-state index is 11.3. The number of thioether (sulfide) groups is 1. The Morgan fingerprint density at radius 2 is 1.86 bits per heavy atom. The van der Waals surface area contributed by atoms with Crippen molar-refractivity contribution in [3.63, 3.8) is 0 Å². The topological polar surface area (TPSA) is 17.1 Å². The lowest BCUT2D eigenvalue weighted by Crippen LogP contribution is -2.02. The first-order valence-electron chi connectivity index (χ1n) is 5.74. The molecule has 0 aromatic rings. The smallest absolute Gasteiger partial charge is 0.191 e. The van der Waals surface area contributed by atoms with E-state index >= 15 is 0 Å². The minimum absolute atomic E-state index is 0.189. The van der Waals surface area contributed by atoms with E-state index in [1.165, 1.54) is 37.4 Å². The molecule has 1 nitrogen and oxygen atoms in total. The zero-order valence-electron chi connectivity index (χ0n) is 10.0. The normalized spacial score (nSPS) is 13.2. The van der Waals surface area contributed by atoms with E-state index in [-0.39, 0.29) is 5.92 Å². The zero-order valence-corrected chi connectivity index (χ0v) is 10.8. The molecule has 0 fully saturated rings. The summed E-state index contributed by atoms with van der Waals surface area (Å²) in [6.45, 7) is 8.47. The standard InChI is InChI=1S/C12H24OS/c1-5-11(4)8-6-7-9-14-12(13)10(2)3/h10-11H,5-9H2,1-4H3. The molecule has 0 saturated carbocycles. The van der Waals surface area contributed by atoms with Crippen LogP contribution in [0.3, 0.4) is 0 Å². The third kappa shape index (κ3) is 7.43. The van der Waals surface area contributed by atoms with E-state index in [0.29, 0.717) is 5.12 Å². The summed E-state index contributed by atoms with van der Waals surface area (Å²) in [6, 6.07) is 0. The lowest BCUT2D eigenvalue weighted by atomic mass is 10.0. The summed E-state index contributed by atoms with van der Waals surface area (Å²) in [7, 11) is 0. The highest BCUT2D eigenvalue weighted by atomic mass is 32.2. The van der Waals surface area contributed by atoms with Crippen LogP contribution in [0, 0.1) is 11.8 Å². The van der Waals surface area contributed by atoms with Crippen molar-refractivity contribution in [2.75, 3.05) is 5.75 Å². The van der Waals surface area contributed by atoms with Crippen LogP contribution in [0.1, 0.15) is 53.4 Å². The van der Waals surface area contributed by atoms with Crippen LogP contribution in [0.2, 0.25) is 0 Å². The highest BCUT2D eigenvalue weighted by Crippen LogP contribution is 2.16. The van der Waals surface area contributed by atoms with Crippen molar-refractivity contribution in [3.05, 3.63) is 0 Å². The van der Waals surface area contributed by atoms with E-state index < -0.39 is 0 Å². The number of unbranched alkanes of at least 4 members (excludes halogenated alkanes) is 1. The Bertz CT molecular complexity index is 154. The number of rotatable bonds is 7. The Hall–Kier alpha value is 0.0200. The molecule has 0 heterocycles. The summed E-state index contributed by atoms with van der Waals surface area (Å²) < 4.78 is 0. The Morgan fingerprint density at radius 3 is 2.36 bits per heavy atom. The van der Waals surface area contributed by atoms with Gasteiger partial charge in [-0.15, -0.1) is 0 Å². The summed E-state index contributed by atoms with van der Waals surface area (Å²) in [5.74, 6) is 2.04. The van der Waals surface area contributed by atoms with Gasteiger partial charge in [-0.3, -0.25) is 4.79 Å². The number of carbonyl (C=O) groups excluding carboxylic acids is 1. The molecule has 0 aliphatic carbocycles. The molecule has 0 N–H and O–H groups in total. The van der Waals surface area contributed by atoms with Crippen LogP contribution in [0.25, 0.3) is 0 Å². The Labute approximate surface area is 93.0 Å². The lowest BCUT2D eigenvalue weighted by molar-refractivity contribution is -0.113. The van der Waals surface area contributed by atoms with Gasteiger partial charge >= 0.3 is 0 Å². The molecule has 0 radical (unpaired) electrons. The molecule has 2 heteroatoms. The highest BCUT2D eigenvalue weighted by Gasteiger charge is 2.06. The van der Waals surface area contributed by atoms with Gasteiger partial charge in [0.15, 0.2) is 5.12 Å². The molecular formula is C12H24OS. The fourth-order valence-corrected chi connectivity index (χ4v) is 2.02. The molecule has 0 aliphatic rings. The maximum Gasteiger partial charge on any atom is 0.191 e. The van der Waals surface area contributed by atoms with E-state index in [1.54, 1.807) is 0 Å². The van der Waals surface area contributed by atoms with Gasteiger partial charge in [0, 0.05) is 11.7 Å². The summed E-state index contributed by atoms with van der Waals surface area (Å²) in [5, 5.41) is 0.341. The largest absolute Gasteiger partial charge is 0.287 e. The van der Waals surface area contributed by atoms with Crippen molar-refractivity contribution < 1.29 is 4.79 Å². The van der Waals surface area contributed by atoms with Gasteiger partial charge in [0.2, 0.25) is 0 Å². The Balaban J connectivity index is 3.26. The number of hydrogen-bond donors (Lipinski definition) is 0. The average Bonchev–Trinajstić information content (AvgIpc) is 2.16. The summed E-state index contributed by atoms with van der Waals surface area (Å²) >= 11 is 1.50. The second-order valence-corrected chi connectivity index (χ2v) is 5.43. The number of hydrogen-bond acceptors (Lipinski definition) is 2. The van der Waals surface area contributed by atoms with Crippen molar-refractivity contribution >= 4 is 16.9 Å². The van der Waals surface area contributed by atoms with E-state index in [9.17, 15) is 4.79 Å². The van der Waals surface area contributed by atoms with Crippen molar-refractivity contribution in [1.82, 2.24) is 0 Å². The first-order chi connectivity index (χ1) is 6.57. The summed E-state index contributed by atoms with van der Waals surface area (Å²) in [5.41, 5.74) is 0. The van der Waals surface area contributed by atoms with Crippen LogP contribution >= 0.6 is 11.8 Å². The molecule has 0 amide bonds. The molecule has 0 spiro atoms. The predicted molar refractivity (Wildman–Crippen MR) is 65.6 cm³/mol. The third-order valence-electron chi connectivity index (χ3n) is 2.50. The van der Waals surface area contributed by atoms with E-state index in [1.807, 2.05) is 13.8 Å². The van der Waals surface area contributed by atoms with Crippen LogP contribution in [0.15, 0.2) is 0 Å². The van der Waals surface area contributed by atoms with Crippen LogP contribution in [0.4, 0.5) is 0 Å². The minimum atomic E-state index is 0.189. The molecule has 0 rings (SSSR count). The molecule has 0 aromatic heterocycles. The molecule has 14 heavy (non-hydrogen) atoms. The van der Waals surface area contributed by atoms with Gasteiger partial charge in [0.05, 0.1) is 0 Å². The van der Waals surface area contributed by atoms with Gasteiger partial charge in [0.25, 0.3) is 0 Å². The highest BCUT2D eigenvalue weighted by molar-refractivity contribution is 8.13. The van der Waals surface area contributed by atoms with Gasteiger partial charge in [-0.1, -0.05) is 58.7 Å². The van der Waals surface area contributed by atoms with Crippen LogP contribution < -0.4 is 0 Å². The molecular weight excluding hydrogens is 192 g/mol. The van der Waals surface area contributed by atoms with E-state index in [0.717, 1.165) is 11.7 Å². The van der Waals surface area contributed by atoms with E-state index in [2.05, 4.69) is 13.8 Å². The molecule has 1 unspecified atom stereocenters. The SMILES string of the molecule is CCC(C)CCCCSC(=O)C(C)C. The van der Waals surface area contributed by atoms with Crippen molar-refractivity contribution in [2.45, 2.75) is 53.4 Å². The van der Waals surface area contributed by atoms with Crippen molar-refractivity contribution in [3.8, 4) is 0 Å². The van der Waals surface area contributed by atoms with Gasteiger partial charge in [-0.25, -0.2) is 0 Å². The van der Waals surface area contributed by atoms with Crippen LogP contribution in [0.5, 0.6) is 0 Å². The van der Waals surface area contributed by atoms with Crippen molar-refractivity contribution in [2.24, 2.45) is 11.8 Å². The third-order valence-corrected chi connectivity index (χ3v) is 3.75. The Morgan fingerprint density at radius 1 is 1.21 bits per heavy atom. The Kier molecular flexibility index (Phi) is 8.35. The average molecular weight is 216 g/mol. The van der Waals surface area contributed by atoms with E-state index in [4.69, 9.17) is 0 Å². The second kappa shape index (κ2) is 8.34. The first kappa shape index (κ1) is 14.0. The fraction of sp³-hybridized carbons (Fsp3) is 0.917. The van der Waals surface area contributed by atoms with Gasteiger partial charge in [-0.2, -0.15) is 0 Å². The minimum Gasteiger partial charge on any atom is -0.287 e. The quantitative estimate of drug-likeness (QED) is 0.595. The molecule has 0 aliphatic heterocycles. The second-order valence-electron chi connectivity index (χ2n) is 4.33. The molecule has 84 valence electrons. The summed E-state index contributed by atoms with van der Waals surface area (Å²) in [6.07, 6.45) is 5.05. The predicted octanol–water partition coefficient (Wildman–Crippen LogP) is 4.12. The zero-order chi connectivity index (χ0) is 11.0. The first-order valence-corrected chi connectivity index (χ1v) is 6.73. The van der Waals surface area contributed by atoms with Crippen molar-refractivity contribution in [1.29, 1.82) is 0 Å². The molecule has 1 atom stereocenters. The number of carbonyl (C=O) groups is 1. The van der Waals surface area contributed by atoms with Gasteiger partial charge < -0.3 is 0 Å². The lowest BCUT2D eigenvalue weighted by Gasteiger charge is -2.07. The molecule has 0 bridgehead atoms. The van der Waals surface area contributed by atoms with Crippen LogP contribution in [-0.2, 0) is 4.79 Å².